The molecule has 0 saturated heterocycles. The van der Waals surface area contributed by atoms with Crippen LogP contribution in [0.1, 0.15) is 5.56 Å². The van der Waals surface area contributed by atoms with E-state index in [0.717, 1.165) is 10.5 Å². The van der Waals surface area contributed by atoms with Gasteiger partial charge in [0, 0.05) is 21.3 Å². The van der Waals surface area contributed by atoms with Crippen LogP contribution in [0.25, 0.3) is 0 Å². The third-order valence-corrected chi connectivity index (χ3v) is 6.60. The highest BCUT2D eigenvalue weighted by molar-refractivity contribution is 8.00. The van der Waals surface area contributed by atoms with Crippen LogP contribution in [0.5, 0.6) is 0 Å². The summed E-state index contributed by atoms with van der Waals surface area (Å²) in [6.07, 6.45) is 0. The Morgan fingerprint density at radius 2 is 1.48 bits per heavy atom. The van der Waals surface area contributed by atoms with Gasteiger partial charge in [0.1, 0.15) is 0 Å². The number of aryl methyl sites for hydroxylation is 1. The molecule has 5 nitrogen and oxygen atoms in total. The summed E-state index contributed by atoms with van der Waals surface area (Å²) in [5, 5.41) is 3.40. The number of hydrogen-bond donors (Lipinski definition) is 2. The number of carbonyl (C=O) groups excluding carboxylic acids is 1. The van der Waals surface area contributed by atoms with Crippen molar-refractivity contribution in [3.8, 4) is 0 Å². The van der Waals surface area contributed by atoms with Crippen molar-refractivity contribution < 1.29 is 13.2 Å². The zero-order valence-corrected chi connectivity index (χ0v) is 17.9. The number of carbonyl (C=O) groups is 1. The van der Waals surface area contributed by atoms with Gasteiger partial charge in [0.25, 0.3) is 10.0 Å². The van der Waals surface area contributed by atoms with Gasteiger partial charge in [-0.3, -0.25) is 9.52 Å². The zero-order valence-electron chi connectivity index (χ0n) is 15.6. The summed E-state index contributed by atoms with van der Waals surface area (Å²) in [5.41, 5.74) is 2.07. The molecule has 0 unspecified atom stereocenters. The van der Waals surface area contributed by atoms with Crippen molar-refractivity contribution in [2.45, 2.75) is 16.7 Å². The highest BCUT2D eigenvalue weighted by atomic mass is 35.5. The number of amides is 1. The zero-order chi connectivity index (χ0) is 20.9. The summed E-state index contributed by atoms with van der Waals surface area (Å²) in [7, 11) is -3.70. The molecule has 3 aromatic rings. The van der Waals surface area contributed by atoms with E-state index in [1.54, 1.807) is 36.4 Å². The highest BCUT2D eigenvalue weighted by Gasteiger charge is 2.14. The monoisotopic (exact) mass is 446 g/mol. The normalized spacial score (nSPS) is 11.1. The Bertz CT molecular complexity index is 1080. The van der Waals surface area contributed by atoms with Crippen LogP contribution in [0.3, 0.4) is 0 Å². The fourth-order valence-corrected chi connectivity index (χ4v) is 4.31. The summed E-state index contributed by atoms with van der Waals surface area (Å²) in [4.78, 5) is 13.2. The third kappa shape index (κ3) is 6.25. The van der Waals surface area contributed by atoms with Crippen LogP contribution in [0, 0.1) is 6.92 Å². The number of halogens is 1. The Morgan fingerprint density at radius 3 is 2.10 bits per heavy atom. The van der Waals surface area contributed by atoms with Gasteiger partial charge in [-0.1, -0.05) is 29.3 Å². The second-order valence-electron chi connectivity index (χ2n) is 6.29. The number of thioether (sulfide) groups is 1. The third-order valence-electron chi connectivity index (χ3n) is 3.94. The van der Waals surface area contributed by atoms with E-state index in [-0.39, 0.29) is 16.6 Å². The predicted octanol–water partition coefficient (Wildman–Crippen LogP) is 5.18. The van der Waals surface area contributed by atoms with Gasteiger partial charge in [0.2, 0.25) is 5.91 Å². The first-order valence-electron chi connectivity index (χ1n) is 8.70. The van der Waals surface area contributed by atoms with E-state index in [4.69, 9.17) is 11.6 Å². The van der Waals surface area contributed by atoms with E-state index in [2.05, 4.69) is 10.0 Å². The Morgan fingerprint density at radius 1 is 0.897 bits per heavy atom. The van der Waals surface area contributed by atoms with Crippen molar-refractivity contribution in [1.82, 2.24) is 0 Å². The highest BCUT2D eigenvalue weighted by Crippen LogP contribution is 2.22. The average molecular weight is 447 g/mol. The van der Waals surface area contributed by atoms with Crippen molar-refractivity contribution in [2.75, 3.05) is 15.8 Å². The van der Waals surface area contributed by atoms with Gasteiger partial charge < -0.3 is 5.32 Å². The number of benzene rings is 3. The van der Waals surface area contributed by atoms with Gasteiger partial charge in [0.05, 0.1) is 10.6 Å². The summed E-state index contributed by atoms with van der Waals surface area (Å²) < 4.78 is 27.5. The molecular formula is C21H19ClN2O3S2. The average Bonchev–Trinajstić information content (AvgIpc) is 2.70. The molecule has 0 aliphatic rings. The fourth-order valence-electron chi connectivity index (χ4n) is 2.43. The van der Waals surface area contributed by atoms with Crippen LogP contribution in [0.15, 0.2) is 82.6 Å². The molecule has 0 aromatic heterocycles. The van der Waals surface area contributed by atoms with E-state index in [1.165, 1.54) is 23.9 Å². The summed E-state index contributed by atoms with van der Waals surface area (Å²) in [5.74, 6) is 0.0507. The standard InChI is InChI=1S/C21H19ClN2O3S2/c1-15-2-6-18(7-3-15)24-29(26,27)20-12-8-17(9-13-20)23-21(25)14-28-19-10-4-16(22)5-11-19/h2-13,24H,14H2,1H3,(H,23,25). The van der Waals surface area contributed by atoms with Crippen LogP contribution in [0.4, 0.5) is 11.4 Å². The fraction of sp³-hybridized carbons (Fsp3) is 0.0952. The summed E-state index contributed by atoms with van der Waals surface area (Å²) in [6.45, 7) is 1.93. The first-order valence-corrected chi connectivity index (χ1v) is 11.5. The van der Waals surface area contributed by atoms with E-state index >= 15 is 0 Å². The lowest BCUT2D eigenvalue weighted by Gasteiger charge is -2.10. The molecule has 0 spiro atoms. The van der Waals surface area contributed by atoms with E-state index < -0.39 is 10.0 Å². The molecule has 3 rings (SSSR count). The minimum Gasteiger partial charge on any atom is -0.325 e. The molecule has 8 heteroatoms. The SMILES string of the molecule is Cc1ccc(NS(=O)(=O)c2ccc(NC(=O)CSc3ccc(Cl)cc3)cc2)cc1. The second-order valence-corrected chi connectivity index (χ2v) is 9.45. The van der Waals surface area contributed by atoms with Crippen LogP contribution >= 0.6 is 23.4 Å². The topological polar surface area (TPSA) is 75.3 Å². The molecule has 0 aliphatic heterocycles. The molecule has 150 valence electrons. The Hall–Kier alpha value is -2.48. The minimum absolute atomic E-state index is 0.117. The van der Waals surface area contributed by atoms with Crippen molar-refractivity contribution in [3.05, 3.63) is 83.4 Å². The lowest BCUT2D eigenvalue weighted by atomic mass is 10.2. The molecule has 0 radical (unpaired) electrons. The number of nitrogens with one attached hydrogen (secondary N) is 2. The largest absolute Gasteiger partial charge is 0.325 e. The molecule has 0 heterocycles. The number of hydrogen-bond acceptors (Lipinski definition) is 4. The molecule has 1 amide bonds. The van der Waals surface area contributed by atoms with Crippen LogP contribution < -0.4 is 10.0 Å². The van der Waals surface area contributed by atoms with E-state index in [0.29, 0.717) is 16.4 Å². The van der Waals surface area contributed by atoms with Crippen LogP contribution in [-0.4, -0.2) is 20.1 Å². The maximum atomic E-state index is 12.5. The van der Waals surface area contributed by atoms with Crippen LogP contribution in [0.2, 0.25) is 5.02 Å². The van der Waals surface area contributed by atoms with E-state index in [9.17, 15) is 13.2 Å². The molecule has 0 fully saturated rings. The van der Waals surface area contributed by atoms with Gasteiger partial charge in [-0.15, -0.1) is 11.8 Å². The predicted molar refractivity (Wildman–Crippen MR) is 119 cm³/mol. The molecule has 0 aliphatic carbocycles. The molecule has 3 aromatic carbocycles. The van der Waals surface area contributed by atoms with Gasteiger partial charge in [-0.25, -0.2) is 8.42 Å². The second kappa shape index (κ2) is 9.35. The van der Waals surface area contributed by atoms with Crippen molar-refractivity contribution in [2.24, 2.45) is 0 Å². The van der Waals surface area contributed by atoms with Gasteiger partial charge in [-0.05, 0) is 67.6 Å². The molecule has 0 bridgehead atoms. The van der Waals surface area contributed by atoms with Crippen molar-refractivity contribution in [1.29, 1.82) is 0 Å². The maximum Gasteiger partial charge on any atom is 0.261 e. The van der Waals surface area contributed by atoms with Crippen LogP contribution in [-0.2, 0) is 14.8 Å². The van der Waals surface area contributed by atoms with Gasteiger partial charge >= 0.3 is 0 Å². The molecule has 2 N–H and O–H groups in total. The Balaban J connectivity index is 1.58. The lowest BCUT2D eigenvalue weighted by molar-refractivity contribution is -0.113. The summed E-state index contributed by atoms with van der Waals surface area (Å²) in [6, 6.07) is 20.4. The Labute approximate surface area is 179 Å². The quantitative estimate of drug-likeness (QED) is 0.490. The molecule has 0 saturated carbocycles. The number of anilines is 2. The first-order chi connectivity index (χ1) is 13.8. The minimum atomic E-state index is -3.70. The van der Waals surface area contributed by atoms with Gasteiger partial charge in [-0.2, -0.15) is 0 Å². The smallest absolute Gasteiger partial charge is 0.261 e. The number of sulfonamides is 1. The first kappa shape index (κ1) is 21.2. The van der Waals surface area contributed by atoms with Crippen molar-refractivity contribution in [3.63, 3.8) is 0 Å². The van der Waals surface area contributed by atoms with Gasteiger partial charge in [0.15, 0.2) is 0 Å². The maximum absolute atomic E-state index is 12.5. The lowest BCUT2D eigenvalue weighted by Crippen LogP contribution is -2.15. The summed E-state index contributed by atoms with van der Waals surface area (Å²) >= 11 is 7.23. The molecule has 0 atom stereocenters. The number of rotatable bonds is 7. The van der Waals surface area contributed by atoms with Crippen molar-refractivity contribution >= 4 is 50.7 Å². The van der Waals surface area contributed by atoms with E-state index in [1.807, 2.05) is 31.2 Å². The Kier molecular flexibility index (Phi) is 6.84. The molecule has 29 heavy (non-hydrogen) atoms. The molecular weight excluding hydrogens is 428 g/mol.